The average Bonchev–Trinajstić information content (AvgIpc) is 3.38. The molecule has 1 aliphatic heterocycles. The fourth-order valence-electron chi connectivity index (χ4n) is 4.20. The van der Waals surface area contributed by atoms with Gasteiger partial charge in [0.25, 0.3) is 5.91 Å². The molecule has 1 aromatic heterocycles. The largest absolute Gasteiger partial charge is 0.345 e. The van der Waals surface area contributed by atoms with Crippen molar-refractivity contribution in [3.8, 4) is 11.4 Å². The van der Waals surface area contributed by atoms with Gasteiger partial charge in [0.15, 0.2) is 0 Å². The zero-order valence-electron chi connectivity index (χ0n) is 16.4. The highest BCUT2D eigenvalue weighted by Gasteiger charge is 2.34. The predicted molar refractivity (Wildman–Crippen MR) is 107 cm³/mol. The number of nitrogens with one attached hydrogen (secondary N) is 1. The van der Waals surface area contributed by atoms with E-state index in [1.54, 1.807) is 12.4 Å². The molecule has 0 unspecified atom stereocenters. The number of imidazole rings is 1. The molecule has 0 bridgehead atoms. The number of nitrogens with zero attached hydrogens (tertiary/aromatic N) is 3. The maximum atomic E-state index is 13.4. The Bertz CT molecular complexity index is 766. The fraction of sp³-hybridized carbons (Fsp3) is 0.545. The van der Waals surface area contributed by atoms with Gasteiger partial charge in [-0.15, -0.1) is 0 Å². The number of hydrogen-bond acceptors (Lipinski definition) is 3. The third-order valence-corrected chi connectivity index (χ3v) is 5.91. The molecule has 5 heteroatoms. The van der Waals surface area contributed by atoms with Crippen LogP contribution in [-0.4, -0.2) is 57.9 Å². The van der Waals surface area contributed by atoms with E-state index in [-0.39, 0.29) is 5.91 Å². The first kappa shape index (κ1) is 18.2. The van der Waals surface area contributed by atoms with E-state index in [0.29, 0.717) is 12.0 Å². The molecule has 1 saturated carbocycles. The number of amides is 1. The number of H-pyrrole nitrogens is 1. The van der Waals surface area contributed by atoms with E-state index in [9.17, 15) is 4.79 Å². The lowest BCUT2D eigenvalue weighted by molar-refractivity contribution is 0.0705. The van der Waals surface area contributed by atoms with Gasteiger partial charge in [-0.1, -0.05) is 32.0 Å². The summed E-state index contributed by atoms with van der Waals surface area (Å²) >= 11 is 0. The molecule has 0 spiro atoms. The summed E-state index contributed by atoms with van der Waals surface area (Å²) in [7, 11) is 0. The molecule has 27 heavy (non-hydrogen) atoms. The number of carbonyl (C=O) groups excluding carboxylic acids is 1. The summed E-state index contributed by atoms with van der Waals surface area (Å²) in [5, 5.41) is 0. The Morgan fingerprint density at radius 1 is 1.26 bits per heavy atom. The predicted octanol–water partition coefficient (Wildman–Crippen LogP) is 3.66. The molecular formula is C22H30N4O. The smallest absolute Gasteiger partial charge is 0.254 e. The van der Waals surface area contributed by atoms with Gasteiger partial charge in [0.05, 0.1) is 5.56 Å². The molecule has 1 amide bonds. The second-order valence-corrected chi connectivity index (χ2v) is 8.34. The summed E-state index contributed by atoms with van der Waals surface area (Å²) in [6, 6.07) is 8.25. The van der Waals surface area contributed by atoms with Crippen molar-refractivity contribution in [1.82, 2.24) is 19.8 Å². The van der Waals surface area contributed by atoms with Crippen molar-refractivity contribution >= 4 is 5.91 Å². The highest BCUT2D eigenvalue weighted by molar-refractivity contribution is 6.00. The van der Waals surface area contributed by atoms with E-state index >= 15 is 0 Å². The van der Waals surface area contributed by atoms with Crippen LogP contribution in [0.2, 0.25) is 0 Å². The molecule has 1 atom stereocenters. The van der Waals surface area contributed by atoms with E-state index < -0.39 is 0 Å². The van der Waals surface area contributed by atoms with Gasteiger partial charge in [-0.25, -0.2) is 4.98 Å². The molecule has 4 rings (SSSR count). The van der Waals surface area contributed by atoms with Crippen LogP contribution in [0.5, 0.6) is 0 Å². The van der Waals surface area contributed by atoms with Crippen LogP contribution in [-0.2, 0) is 0 Å². The van der Waals surface area contributed by atoms with Gasteiger partial charge < -0.3 is 9.88 Å². The molecule has 1 saturated heterocycles. The van der Waals surface area contributed by atoms with Crippen molar-refractivity contribution in [2.45, 2.75) is 39.2 Å². The minimum Gasteiger partial charge on any atom is -0.345 e. The SMILES string of the molecule is CC(C)[C@@H]1CN(C(=O)c2ccccc2-c2ncc[nH]2)CCCN1CC1CC1. The van der Waals surface area contributed by atoms with Crippen LogP contribution in [0.25, 0.3) is 11.4 Å². The standard InChI is InChI=1S/C22H30N4O/c1-16(2)20-15-26(13-5-12-25(20)14-17-8-9-17)22(27)19-7-4-3-6-18(19)21-23-10-11-24-21/h3-4,6-7,10-11,16-17,20H,5,8-9,12-15H2,1-2H3,(H,23,24)/t20-/m0/s1. The molecule has 2 fully saturated rings. The van der Waals surface area contributed by atoms with Gasteiger partial charge in [0.1, 0.15) is 5.82 Å². The lowest BCUT2D eigenvalue weighted by atomic mass is 10.0. The number of benzene rings is 1. The van der Waals surface area contributed by atoms with Gasteiger partial charge in [0, 0.05) is 50.2 Å². The molecule has 2 heterocycles. The zero-order valence-corrected chi connectivity index (χ0v) is 16.4. The Morgan fingerprint density at radius 2 is 2.07 bits per heavy atom. The maximum absolute atomic E-state index is 13.4. The molecule has 2 aliphatic rings. The van der Waals surface area contributed by atoms with Crippen molar-refractivity contribution in [2.24, 2.45) is 11.8 Å². The van der Waals surface area contributed by atoms with Crippen LogP contribution < -0.4 is 0 Å². The molecule has 1 aromatic carbocycles. The van der Waals surface area contributed by atoms with Gasteiger partial charge in [-0.05, 0) is 37.2 Å². The molecule has 144 valence electrons. The number of rotatable bonds is 5. The third kappa shape index (κ3) is 4.08. The van der Waals surface area contributed by atoms with E-state index in [0.717, 1.165) is 48.9 Å². The van der Waals surface area contributed by atoms with E-state index in [1.165, 1.54) is 19.4 Å². The summed E-state index contributed by atoms with van der Waals surface area (Å²) in [5.74, 6) is 2.30. The van der Waals surface area contributed by atoms with Crippen molar-refractivity contribution in [3.05, 3.63) is 42.2 Å². The van der Waals surface area contributed by atoms with E-state index in [1.807, 2.05) is 24.3 Å². The van der Waals surface area contributed by atoms with Crippen molar-refractivity contribution in [2.75, 3.05) is 26.2 Å². The van der Waals surface area contributed by atoms with Crippen molar-refractivity contribution < 1.29 is 4.79 Å². The van der Waals surface area contributed by atoms with Crippen molar-refractivity contribution in [3.63, 3.8) is 0 Å². The number of carbonyl (C=O) groups is 1. The maximum Gasteiger partial charge on any atom is 0.254 e. The Balaban J connectivity index is 1.57. The Kier molecular flexibility index (Phi) is 5.30. The average molecular weight is 367 g/mol. The van der Waals surface area contributed by atoms with Crippen LogP contribution in [0.3, 0.4) is 0 Å². The minimum absolute atomic E-state index is 0.126. The second kappa shape index (κ2) is 7.85. The molecule has 1 N–H and O–H groups in total. The summed E-state index contributed by atoms with van der Waals surface area (Å²) in [6.45, 7) is 8.52. The summed E-state index contributed by atoms with van der Waals surface area (Å²) in [6.07, 6.45) is 7.33. The first-order valence-corrected chi connectivity index (χ1v) is 10.3. The Morgan fingerprint density at radius 3 is 2.78 bits per heavy atom. The number of hydrogen-bond donors (Lipinski definition) is 1. The Labute approximate surface area is 161 Å². The Hall–Kier alpha value is -2.14. The highest BCUT2D eigenvalue weighted by atomic mass is 16.2. The number of aromatic nitrogens is 2. The lowest BCUT2D eigenvalue weighted by Crippen LogP contribution is -2.46. The van der Waals surface area contributed by atoms with Crippen LogP contribution in [0.4, 0.5) is 0 Å². The van der Waals surface area contributed by atoms with Crippen LogP contribution >= 0.6 is 0 Å². The quantitative estimate of drug-likeness (QED) is 0.879. The fourth-order valence-corrected chi connectivity index (χ4v) is 4.20. The van der Waals surface area contributed by atoms with Gasteiger partial charge in [-0.2, -0.15) is 0 Å². The molecule has 1 aliphatic carbocycles. The minimum atomic E-state index is 0.126. The topological polar surface area (TPSA) is 52.2 Å². The number of aromatic amines is 1. The van der Waals surface area contributed by atoms with Crippen LogP contribution in [0.15, 0.2) is 36.7 Å². The summed E-state index contributed by atoms with van der Waals surface area (Å²) in [4.78, 5) is 25.6. The zero-order chi connectivity index (χ0) is 18.8. The van der Waals surface area contributed by atoms with E-state index in [2.05, 4.69) is 33.6 Å². The molecule has 5 nitrogen and oxygen atoms in total. The first-order valence-electron chi connectivity index (χ1n) is 10.3. The van der Waals surface area contributed by atoms with Gasteiger partial charge in [0.2, 0.25) is 0 Å². The van der Waals surface area contributed by atoms with Crippen LogP contribution in [0.1, 0.15) is 43.5 Å². The van der Waals surface area contributed by atoms with Gasteiger partial charge >= 0.3 is 0 Å². The third-order valence-electron chi connectivity index (χ3n) is 5.91. The van der Waals surface area contributed by atoms with Crippen molar-refractivity contribution in [1.29, 1.82) is 0 Å². The summed E-state index contributed by atoms with van der Waals surface area (Å²) in [5.41, 5.74) is 1.62. The van der Waals surface area contributed by atoms with Gasteiger partial charge in [-0.3, -0.25) is 9.69 Å². The van der Waals surface area contributed by atoms with Crippen LogP contribution in [0, 0.1) is 11.8 Å². The summed E-state index contributed by atoms with van der Waals surface area (Å²) < 4.78 is 0. The normalized spacial score (nSPS) is 21.4. The molecule has 0 radical (unpaired) electrons. The monoisotopic (exact) mass is 366 g/mol. The second-order valence-electron chi connectivity index (χ2n) is 8.34. The molecule has 2 aromatic rings. The highest BCUT2D eigenvalue weighted by Crippen LogP contribution is 2.32. The first-order chi connectivity index (χ1) is 13.1. The van der Waals surface area contributed by atoms with E-state index in [4.69, 9.17) is 0 Å². The molecular weight excluding hydrogens is 336 g/mol. The lowest BCUT2D eigenvalue weighted by Gasteiger charge is -2.34.